The van der Waals surface area contributed by atoms with Gasteiger partial charge in [0.2, 0.25) is 5.91 Å². The van der Waals surface area contributed by atoms with E-state index in [4.69, 9.17) is 4.74 Å². The number of benzene rings is 2. The SMILES string of the molecule is O=C(C[C@@H]1C(=O)Nc2ccccc21)OCC(=O)c1ccc2c(c1)CCC2. The zero-order valence-electron chi connectivity index (χ0n) is 14.3. The molecule has 2 aliphatic rings. The van der Waals surface area contributed by atoms with Gasteiger partial charge in [0.25, 0.3) is 0 Å². The van der Waals surface area contributed by atoms with Crippen LogP contribution in [0, 0.1) is 0 Å². The van der Waals surface area contributed by atoms with Crippen molar-refractivity contribution in [3.63, 3.8) is 0 Å². The molecule has 2 aromatic carbocycles. The van der Waals surface area contributed by atoms with Gasteiger partial charge >= 0.3 is 5.97 Å². The van der Waals surface area contributed by atoms with Crippen LogP contribution in [0.1, 0.15) is 45.8 Å². The second-order valence-corrected chi connectivity index (χ2v) is 6.75. The van der Waals surface area contributed by atoms with Crippen LogP contribution in [0.5, 0.6) is 0 Å². The number of Topliss-reactive ketones (excluding diaryl/α,β-unsaturated/α-hetero) is 1. The highest BCUT2D eigenvalue weighted by Gasteiger charge is 2.32. The van der Waals surface area contributed by atoms with Gasteiger partial charge in [-0.25, -0.2) is 0 Å². The van der Waals surface area contributed by atoms with Crippen LogP contribution in [0.15, 0.2) is 42.5 Å². The number of rotatable bonds is 5. The first kappa shape index (κ1) is 16.5. The van der Waals surface area contributed by atoms with Crippen LogP contribution in [-0.2, 0) is 27.2 Å². The van der Waals surface area contributed by atoms with Crippen LogP contribution in [0.2, 0.25) is 0 Å². The predicted molar refractivity (Wildman–Crippen MR) is 96.2 cm³/mol. The fourth-order valence-electron chi connectivity index (χ4n) is 3.68. The maximum atomic E-state index is 12.3. The molecule has 0 radical (unpaired) electrons. The summed E-state index contributed by atoms with van der Waals surface area (Å²) in [5.74, 6) is -1.54. The number of nitrogens with one attached hydrogen (secondary N) is 1. The number of hydrogen-bond acceptors (Lipinski definition) is 4. The van der Waals surface area contributed by atoms with Crippen molar-refractivity contribution in [3.8, 4) is 0 Å². The quantitative estimate of drug-likeness (QED) is 0.665. The maximum Gasteiger partial charge on any atom is 0.307 e. The van der Waals surface area contributed by atoms with E-state index in [1.54, 1.807) is 12.1 Å². The van der Waals surface area contributed by atoms with Crippen molar-refractivity contribution in [1.82, 2.24) is 0 Å². The molecule has 2 aromatic rings. The van der Waals surface area contributed by atoms with Crippen LogP contribution in [0.4, 0.5) is 5.69 Å². The van der Waals surface area contributed by atoms with E-state index in [0.29, 0.717) is 5.56 Å². The average molecular weight is 349 g/mol. The minimum Gasteiger partial charge on any atom is -0.457 e. The summed E-state index contributed by atoms with van der Waals surface area (Å²) in [4.78, 5) is 36.5. The Bertz CT molecular complexity index is 903. The largest absolute Gasteiger partial charge is 0.457 e. The van der Waals surface area contributed by atoms with Crippen molar-refractivity contribution >= 4 is 23.3 Å². The normalized spacial score (nSPS) is 17.4. The molecule has 0 bridgehead atoms. The summed E-state index contributed by atoms with van der Waals surface area (Å²) in [6, 6.07) is 13.0. The Morgan fingerprint density at radius 2 is 1.88 bits per heavy atom. The summed E-state index contributed by atoms with van der Waals surface area (Å²) in [6.45, 7) is -0.298. The highest BCUT2D eigenvalue weighted by molar-refractivity contribution is 6.04. The van der Waals surface area contributed by atoms with E-state index in [1.165, 1.54) is 11.1 Å². The fraction of sp³-hybridized carbons (Fsp3) is 0.286. The van der Waals surface area contributed by atoms with Crippen LogP contribution in [0.3, 0.4) is 0 Å². The number of esters is 1. The Morgan fingerprint density at radius 1 is 1.08 bits per heavy atom. The summed E-state index contributed by atoms with van der Waals surface area (Å²) in [5, 5.41) is 2.75. The molecule has 1 amide bonds. The average Bonchev–Trinajstić information content (AvgIpc) is 3.23. The monoisotopic (exact) mass is 349 g/mol. The highest BCUT2D eigenvalue weighted by Crippen LogP contribution is 2.34. The number of para-hydroxylation sites is 1. The van der Waals surface area contributed by atoms with Crippen LogP contribution in [0.25, 0.3) is 0 Å². The second-order valence-electron chi connectivity index (χ2n) is 6.75. The van der Waals surface area contributed by atoms with Crippen molar-refractivity contribution in [2.45, 2.75) is 31.6 Å². The molecule has 1 aliphatic heterocycles. The van der Waals surface area contributed by atoms with Gasteiger partial charge in [0.15, 0.2) is 12.4 Å². The molecule has 0 spiro atoms. The van der Waals surface area contributed by atoms with Gasteiger partial charge in [-0.1, -0.05) is 30.3 Å². The zero-order valence-corrected chi connectivity index (χ0v) is 14.3. The standard InChI is InChI=1S/C21H19NO4/c23-19(15-9-8-13-4-3-5-14(13)10-15)12-26-20(24)11-17-16-6-1-2-7-18(16)22-21(17)25/h1-2,6-10,17H,3-5,11-12H2,(H,22,25)/t17-/m0/s1. The Hall–Kier alpha value is -2.95. The summed E-state index contributed by atoms with van der Waals surface area (Å²) < 4.78 is 5.13. The predicted octanol–water partition coefficient (Wildman–Crippen LogP) is 3.03. The van der Waals surface area contributed by atoms with Gasteiger partial charge in [-0.2, -0.15) is 0 Å². The topological polar surface area (TPSA) is 72.5 Å². The second kappa shape index (κ2) is 6.75. The number of carbonyl (C=O) groups is 3. The first-order valence-electron chi connectivity index (χ1n) is 8.82. The molecule has 26 heavy (non-hydrogen) atoms. The zero-order chi connectivity index (χ0) is 18.1. The number of amides is 1. The number of fused-ring (bicyclic) bond motifs is 2. The van der Waals surface area contributed by atoms with E-state index in [2.05, 4.69) is 5.32 Å². The first-order valence-corrected chi connectivity index (χ1v) is 8.82. The molecule has 0 saturated heterocycles. The Kier molecular flexibility index (Phi) is 4.29. The third kappa shape index (κ3) is 3.12. The molecule has 5 nitrogen and oxygen atoms in total. The first-order chi connectivity index (χ1) is 12.6. The molecule has 0 fully saturated rings. The summed E-state index contributed by atoms with van der Waals surface area (Å²) in [7, 11) is 0. The third-order valence-corrected chi connectivity index (χ3v) is 5.07. The van der Waals surface area contributed by atoms with Crippen molar-refractivity contribution in [2.75, 3.05) is 11.9 Å². The molecule has 1 heterocycles. The van der Waals surface area contributed by atoms with Gasteiger partial charge in [0, 0.05) is 11.3 Å². The molecule has 0 unspecified atom stereocenters. The Balaban J connectivity index is 1.36. The van der Waals surface area contributed by atoms with Gasteiger partial charge in [0.05, 0.1) is 12.3 Å². The smallest absolute Gasteiger partial charge is 0.307 e. The van der Waals surface area contributed by atoms with Crippen molar-refractivity contribution in [2.24, 2.45) is 0 Å². The number of carbonyl (C=O) groups excluding carboxylic acids is 3. The molecular weight excluding hydrogens is 330 g/mol. The van der Waals surface area contributed by atoms with Crippen LogP contribution in [-0.4, -0.2) is 24.3 Å². The minimum atomic E-state index is -0.561. The minimum absolute atomic E-state index is 0.0691. The molecule has 1 aliphatic carbocycles. The molecule has 1 N–H and O–H groups in total. The molecule has 0 aromatic heterocycles. The lowest BCUT2D eigenvalue weighted by Gasteiger charge is -2.09. The van der Waals surface area contributed by atoms with Gasteiger partial charge < -0.3 is 10.1 Å². The van der Waals surface area contributed by atoms with Crippen molar-refractivity contribution < 1.29 is 19.1 Å². The lowest BCUT2D eigenvalue weighted by atomic mass is 9.97. The van der Waals surface area contributed by atoms with E-state index in [0.717, 1.165) is 30.5 Å². The number of hydrogen-bond donors (Lipinski definition) is 1. The molecule has 1 atom stereocenters. The van der Waals surface area contributed by atoms with E-state index in [1.807, 2.05) is 30.3 Å². The summed E-state index contributed by atoms with van der Waals surface area (Å²) in [5.41, 5.74) is 4.59. The van der Waals surface area contributed by atoms with E-state index < -0.39 is 11.9 Å². The number of ether oxygens (including phenoxy) is 1. The van der Waals surface area contributed by atoms with Crippen molar-refractivity contribution in [1.29, 1.82) is 0 Å². The van der Waals surface area contributed by atoms with E-state index >= 15 is 0 Å². The lowest BCUT2D eigenvalue weighted by molar-refractivity contribution is -0.144. The van der Waals surface area contributed by atoms with Gasteiger partial charge in [0.1, 0.15) is 0 Å². The number of anilines is 1. The molecule has 4 rings (SSSR count). The third-order valence-electron chi connectivity index (χ3n) is 5.07. The highest BCUT2D eigenvalue weighted by atomic mass is 16.5. The number of ketones is 1. The lowest BCUT2D eigenvalue weighted by Crippen LogP contribution is -2.20. The van der Waals surface area contributed by atoms with E-state index in [-0.39, 0.29) is 24.7 Å². The van der Waals surface area contributed by atoms with Gasteiger partial charge in [-0.15, -0.1) is 0 Å². The van der Waals surface area contributed by atoms with E-state index in [9.17, 15) is 14.4 Å². The van der Waals surface area contributed by atoms with Crippen LogP contribution < -0.4 is 5.32 Å². The van der Waals surface area contributed by atoms with Crippen LogP contribution >= 0.6 is 0 Å². The Labute approximate surface area is 151 Å². The van der Waals surface area contributed by atoms with Gasteiger partial charge in [-0.3, -0.25) is 14.4 Å². The van der Waals surface area contributed by atoms with Crippen molar-refractivity contribution in [3.05, 3.63) is 64.7 Å². The summed E-state index contributed by atoms with van der Waals surface area (Å²) >= 11 is 0. The molecule has 132 valence electrons. The fourth-order valence-corrected chi connectivity index (χ4v) is 3.68. The number of aryl methyl sites for hydroxylation is 2. The maximum absolute atomic E-state index is 12.3. The molecule has 0 saturated carbocycles. The van der Waals surface area contributed by atoms with Gasteiger partial charge in [-0.05, 0) is 48.1 Å². The molecule has 5 heteroatoms. The Morgan fingerprint density at radius 3 is 2.77 bits per heavy atom. The molecular formula is C21H19NO4. The summed E-state index contributed by atoms with van der Waals surface area (Å²) in [6.07, 6.45) is 3.10.